The highest BCUT2D eigenvalue weighted by Gasteiger charge is 2.40. The van der Waals surface area contributed by atoms with E-state index >= 15 is 0 Å². The van der Waals surface area contributed by atoms with Crippen LogP contribution in [-0.4, -0.2) is 16.6 Å². The Kier molecular flexibility index (Phi) is 5.38. The van der Waals surface area contributed by atoms with Gasteiger partial charge in [-0.1, -0.05) is 31.6 Å². The Hall–Kier alpha value is 0.180. The fourth-order valence-electron chi connectivity index (χ4n) is 1.44. The SMILES string of the molecule is C=CC(C)(C)C(C=C(C)C)(SC)SC. The van der Waals surface area contributed by atoms with Gasteiger partial charge in [-0.15, -0.1) is 30.1 Å². The minimum absolute atomic E-state index is 0.100. The van der Waals surface area contributed by atoms with Crippen molar-refractivity contribution in [2.45, 2.75) is 31.8 Å². The molecule has 0 radical (unpaired) electrons. The van der Waals surface area contributed by atoms with Gasteiger partial charge >= 0.3 is 0 Å². The average Bonchev–Trinajstić information content (AvgIpc) is 2.13. The van der Waals surface area contributed by atoms with Gasteiger partial charge in [0.2, 0.25) is 0 Å². The Morgan fingerprint density at radius 3 is 1.79 bits per heavy atom. The van der Waals surface area contributed by atoms with Crippen LogP contribution in [0.3, 0.4) is 0 Å². The standard InChI is InChI=1S/C12H22S2/c1-8-11(4,5)12(13-6,14-7)9-10(2)3/h8-9H,1H2,2-7H3. The van der Waals surface area contributed by atoms with Crippen LogP contribution in [0.25, 0.3) is 0 Å². The minimum atomic E-state index is 0.100. The predicted molar refractivity (Wildman–Crippen MR) is 73.2 cm³/mol. The van der Waals surface area contributed by atoms with Crippen LogP contribution < -0.4 is 0 Å². The maximum atomic E-state index is 3.95. The second kappa shape index (κ2) is 5.32. The van der Waals surface area contributed by atoms with Gasteiger partial charge in [0, 0.05) is 5.41 Å². The molecule has 0 saturated heterocycles. The molecular formula is C12H22S2. The number of allylic oxidation sites excluding steroid dienone is 2. The van der Waals surface area contributed by atoms with Crippen molar-refractivity contribution in [2.24, 2.45) is 5.41 Å². The number of rotatable bonds is 5. The molecule has 0 aliphatic carbocycles. The van der Waals surface area contributed by atoms with E-state index in [9.17, 15) is 0 Å². The Morgan fingerprint density at radius 1 is 1.14 bits per heavy atom. The first kappa shape index (κ1) is 14.2. The quantitative estimate of drug-likeness (QED) is 0.500. The van der Waals surface area contributed by atoms with Gasteiger partial charge in [-0.2, -0.15) is 0 Å². The van der Waals surface area contributed by atoms with E-state index in [1.54, 1.807) is 0 Å². The molecule has 0 unspecified atom stereocenters. The normalized spacial score (nSPS) is 12.4. The lowest BCUT2D eigenvalue weighted by molar-refractivity contribution is 0.475. The summed E-state index contributed by atoms with van der Waals surface area (Å²) in [5.41, 5.74) is 1.46. The Labute approximate surface area is 97.6 Å². The van der Waals surface area contributed by atoms with E-state index in [1.807, 2.05) is 23.5 Å². The smallest absolute Gasteiger partial charge is 0.0872 e. The van der Waals surface area contributed by atoms with E-state index in [4.69, 9.17) is 0 Å². The molecule has 0 aliphatic rings. The van der Waals surface area contributed by atoms with Crippen LogP contribution in [0.5, 0.6) is 0 Å². The Morgan fingerprint density at radius 2 is 1.57 bits per heavy atom. The topological polar surface area (TPSA) is 0 Å². The van der Waals surface area contributed by atoms with Gasteiger partial charge in [-0.3, -0.25) is 0 Å². The van der Waals surface area contributed by atoms with Gasteiger partial charge in [0.1, 0.15) is 0 Å². The van der Waals surface area contributed by atoms with Crippen molar-refractivity contribution in [3.8, 4) is 0 Å². The van der Waals surface area contributed by atoms with Gasteiger partial charge < -0.3 is 0 Å². The molecule has 0 aromatic carbocycles. The van der Waals surface area contributed by atoms with Gasteiger partial charge in [-0.05, 0) is 26.4 Å². The zero-order valence-corrected chi connectivity index (χ0v) is 11.8. The van der Waals surface area contributed by atoms with Crippen molar-refractivity contribution in [1.82, 2.24) is 0 Å². The third-order valence-corrected chi connectivity index (χ3v) is 5.99. The number of hydrogen-bond donors (Lipinski definition) is 0. The molecule has 0 fully saturated rings. The van der Waals surface area contributed by atoms with Crippen molar-refractivity contribution >= 4 is 23.5 Å². The van der Waals surface area contributed by atoms with E-state index in [-0.39, 0.29) is 9.49 Å². The van der Waals surface area contributed by atoms with Crippen LogP contribution in [0.15, 0.2) is 24.3 Å². The van der Waals surface area contributed by atoms with E-state index < -0.39 is 0 Å². The maximum Gasteiger partial charge on any atom is 0.0872 e. The van der Waals surface area contributed by atoms with Crippen LogP contribution in [-0.2, 0) is 0 Å². The lowest BCUT2D eigenvalue weighted by Gasteiger charge is -2.41. The molecular weight excluding hydrogens is 208 g/mol. The largest absolute Gasteiger partial charge is 0.143 e. The Balaban J connectivity index is 5.28. The van der Waals surface area contributed by atoms with Gasteiger partial charge in [0.15, 0.2) is 0 Å². The lowest BCUT2D eigenvalue weighted by atomic mass is 9.87. The minimum Gasteiger partial charge on any atom is -0.143 e. The fraction of sp³-hybridized carbons (Fsp3) is 0.667. The van der Waals surface area contributed by atoms with Crippen molar-refractivity contribution in [2.75, 3.05) is 12.5 Å². The highest BCUT2D eigenvalue weighted by molar-refractivity contribution is 8.18. The van der Waals surface area contributed by atoms with Crippen molar-refractivity contribution in [1.29, 1.82) is 0 Å². The third kappa shape index (κ3) is 2.83. The first-order valence-corrected chi connectivity index (χ1v) is 7.20. The molecule has 0 aliphatic heterocycles. The Bertz CT molecular complexity index is 218. The second-order valence-electron chi connectivity index (χ2n) is 4.22. The molecule has 0 nitrogen and oxygen atoms in total. The van der Waals surface area contributed by atoms with Crippen LogP contribution in [0.1, 0.15) is 27.7 Å². The summed E-state index contributed by atoms with van der Waals surface area (Å²) in [6, 6.07) is 0. The van der Waals surface area contributed by atoms with Crippen LogP contribution in [0, 0.1) is 5.41 Å². The van der Waals surface area contributed by atoms with E-state index in [2.05, 4.69) is 58.9 Å². The fourth-order valence-corrected chi connectivity index (χ4v) is 4.03. The van der Waals surface area contributed by atoms with E-state index in [1.165, 1.54) is 5.57 Å². The molecule has 0 bridgehead atoms. The molecule has 0 aromatic heterocycles. The summed E-state index contributed by atoms with van der Waals surface area (Å²) < 4.78 is 0.105. The molecule has 0 N–H and O–H groups in total. The zero-order valence-electron chi connectivity index (χ0n) is 10.2. The monoisotopic (exact) mass is 230 g/mol. The summed E-state index contributed by atoms with van der Waals surface area (Å²) in [6.45, 7) is 12.7. The first-order chi connectivity index (χ1) is 6.35. The molecule has 0 saturated carbocycles. The van der Waals surface area contributed by atoms with Crippen molar-refractivity contribution in [3.63, 3.8) is 0 Å². The van der Waals surface area contributed by atoms with Crippen LogP contribution in [0.4, 0.5) is 0 Å². The second-order valence-corrected chi connectivity index (χ2v) is 6.59. The summed E-state index contributed by atoms with van der Waals surface area (Å²) in [4.78, 5) is 0. The summed E-state index contributed by atoms with van der Waals surface area (Å²) >= 11 is 3.79. The van der Waals surface area contributed by atoms with E-state index in [0.717, 1.165) is 0 Å². The van der Waals surface area contributed by atoms with Crippen LogP contribution >= 0.6 is 23.5 Å². The highest BCUT2D eigenvalue weighted by Crippen LogP contribution is 2.50. The number of hydrogen-bond acceptors (Lipinski definition) is 2. The third-order valence-electron chi connectivity index (χ3n) is 2.49. The molecule has 14 heavy (non-hydrogen) atoms. The lowest BCUT2D eigenvalue weighted by Crippen LogP contribution is -2.35. The molecule has 0 atom stereocenters. The highest BCUT2D eigenvalue weighted by atomic mass is 32.2. The average molecular weight is 230 g/mol. The molecule has 2 heteroatoms. The summed E-state index contributed by atoms with van der Waals surface area (Å²) in [7, 11) is 0. The molecule has 0 aromatic rings. The van der Waals surface area contributed by atoms with Crippen molar-refractivity contribution < 1.29 is 0 Å². The van der Waals surface area contributed by atoms with Crippen LogP contribution in [0.2, 0.25) is 0 Å². The number of thioether (sulfide) groups is 2. The summed E-state index contributed by atoms with van der Waals surface area (Å²) in [6.07, 6.45) is 8.74. The molecule has 0 amide bonds. The van der Waals surface area contributed by atoms with Gasteiger partial charge in [-0.25, -0.2) is 0 Å². The summed E-state index contributed by atoms with van der Waals surface area (Å²) in [5.74, 6) is 0. The zero-order chi connectivity index (χ0) is 11.4. The van der Waals surface area contributed by atoms with Crippen molar-refractivity contribution in [3.05, 3.63) is 24.3 Å². The predicted octanol–water partition coefficient (Wildman–Crippen LogP) is 4.59. The first-order valence-electron chi connectivity index (χ1n) is 4.75. The maximum absolute atomic E-state index is 3.95. The van der Waals surface area contributed by atoms with Gasteiger partial charge in [0.05, 0.1) is 4.08 Å². The van der Waals surface area contributed by atoms with E-state index in [0.29, 0.717) is 0 Å². The molecule has 0 heterocycles. The molecule has 82 valence electrons. The summed E-state index contributed by atoms with van der Waals surface area (Å²) in [5, 5.41) is 0. The molecule has 0 rings (SSSR count). The van der Waals surface area contributed by atoms with Gasteiger partial charge in [0.25, 0.3) is 0 Å². The molecule has 0 spiro atoms.